The van der Waals surface area contributed by atoms with E-state index >= 15 is 4.39 Å². The molecule has 0 aliphatic carbocycles. The molecule has 0 spiro atoms. The molecule has 2 N–H and O–H groups in total. The first-order valence-electron chi connectivity index (χ1n) is 13.8. The minimum atomic E-state index is -0.728. The molecule has 0 radical (unpaired) electrons. The molecule has 4 atom stereocenters. The second-order valence-electron chi connectivity index (χ2n) is 11.2. The molecule has 5 rings (SSSR count). The number of hydrogen-bond donors (Lipinski definition) is 2. The van der Waals surface area contributed by atoms with Crippen molar-refractivity contribution in [2.45, 2.75) is 77.9 Å². The summed E-state index contributed by atoms with van der Waals surface area (Å²) >= 11 is 6.69. The van der Waals surface area contributed by atoms with Crippen LogP contribution in [0.1, 0.15) is 51.4 Å². The van der Waals surface area contributed by atoms with Gasteiger partial charge < -0.3 is 24.5 Å². The van der Waals surface area contributed by atoms with Crippen LogP contribution in [0.3, 0.4) is 0 Å². The van der Waals surface area contributed by atoms with Crippen molar-refractivity contribution in [1.82, 2.24) is 19.4 Å². The van der Waals surface area contributed by atoms with Crippen molar-refractivity contribution in [3.63, 3.8) is 0 Å². The number of hydrogen-bond acceptors (Lipinski definition) is 8. The highest BCUT2D eigenvalue weighted by molar-refractivity contribution is 6.34. The van der Waals surface area contributed by atoms with Gasteiger partial charge in [-0.1, -0.05) is 11.6 Å². The third-order valence-electron chi connectivity index (χ3n) is 7.99. The molecule has 0 unspecified atom stereocenters. The minimum absolute atomic E-state index is 0.0139. The molecule has 216 valence electrons. The topological polar surface area (TPSA) is 102 Å². The number of ether oxygens (including phenoxy) is 2. The van der Waals surface area contributed by atoms with E-state index in [1.807, 2.05) is 6.92 Å². The fourth-order valence-electron chi connectivity index (χ4n) is 5.77. The van der Waals surface area contributed by atoms with Gasteiger partial charge in [-0.25, -0.2) is 14.4 Å². The number of nitrogens with one attached hydrogen (secondary N) is 1. The van der Waals surface area contributed by atoms with Crippen LogP contribution in [-0.4, -0.2) is 75.2 Å². The van der Waals surface area contributed by atoms with Gasteiger partial charge in [0.15, 0.2) is 11.2 Å². The third kappa shape index (κ3) is 5.47. The quantitative estimate of drug-likeness (QED) is 0.450. The van der Waals surface area contributed by atoms with E-state index in [9.17, 15) is 9.90 Å². The van der Waals surface area contributed by atoms with E-state index in [-0.39, 0.29) is 52.9 Å². The zero-order chi connectivity index (χ0) is 28.7. The number of anilines is 1. The second-order valence-corrected chi connectivity index (χ2v) is 11.6. The van der Waals surface area contributed by atoms with E-state index in [1.54, 1.807) is 12.1 Å². The standard InChI is InChI=1S/C29H37ClFN5O4/c1-15(2)36-24-9-19(27-22(31)10-32-29(34-27)33-23-6-7-39-14-26(23)37)21(30)8-20(24)28(38)18(5)25(36)11-35-16(3)12-40-13-17(35)4/h8-10,15-17,23,26,37H,6-7,11-14H2,1-5H3,(H,32,33,34)/t16-,17+,23-,26-/m1/s1. The van der Waals surface area contributed by atoms with Gasteiger partial charge in [0.25, 0.3) is 0 Å². The Morgan fingerprint density at radius 1 is 1.20 bits per heavy atom. The van der Waals surface area contributed by atoms with Gasteiger partial charge in [0.05, 0.1) is 48.7 Å². The van der Waals surface area contributed by atoms with Crippen LogP contribution in [0.2, 0.25) is 5.02 Å². The Labute approximate surface area is 238 Å². The number of aliphatic hydroxyl groups is 1. The normalized spacial score (nSPS) is 24.1. The molecule has 2 aliphatic heterocycles. The van der Waals surface area contributed by atoms with Gasteiger partial charge in [-0.15, -0.1) is 0 Å². The van der Waals surface area contributed by atoms with E-state index in [4.69, 9.17) is 21.1 Å². The number of pyridine rings is 1. The number of aliphatic hydroxyl groups excluding tert-OH is 1. The minimum Gasteiger partial charge on any atom is -0.389 e. The lowest BCUT2D eigenvalue weighted by Gasteiger charge is -2.39. The summed E-state index contributed by atoms with van der Waals surface area (Å²) in [6.07, 6.45) is 0.930. The maximum atomic E-state index is 15.2. The number of morpholine rings is 1. The van der Waals surface area contributed by atoms with Crippen molar-refractivity contribution < 1.29 is 19.0 Å². The van der Waals surface area contributed by atoms with E-state index in [2.05, 4.69) is 52.4 Å². The Balaban J connectivity index is 1.63. The maximum Gasteiger partial charge on any atom is 0.223 e. The van der Waals surface area contributed by atoms with Crippen molar-refractivity contribution >= 4 is 28.5 Å². The first-order valence-corrected chi connectivity index (χ1v) is 14.2. The van der Waals surface area contributed by atoms with Gasteiger partial charge in [-0.2, -0.15) is 0 Å². The average molecular weight is 574 g/mol. The van der Waals surface area contributed by atoms with Crippen molar-refractivity contribution in [3.05, 3.63) is 50.7 Å². The number of fused-ring (bicyclic) bond motifs is 1. The highest BCUT2D eigenvalue weighted by Crippen LogP contribution is 2.34. The van der Waals surface area contributed by atoms with Crippen LogP contribution in [0.4, 0.5) is 10.3 Å². The number of halogens is 2. The van der Waals surface area contributed by atoms with Gasteiger partial charge in [0, 0.05) is 53.5 Å². The SMILES string of the molecule is Cc1c(CN2[C@H](C)COC[C@@H]2C)n(C(C)C)c2cc(-c3nc(N[C@@H]4CCOC[C@H]4O)ncc3F)c(Cl)cc2c1=O. The molecule has 3 aromatic rings. The summed E-state index contributed by atoms with van der Waals surface area (Å²) in [5.74, 6) is -0.458. The molecule has 0 amide bonds. The lowest BCUT2D eigenvalue weighted by molar-refractivity contribution is -0.0420. The highest BCUT2D eigenvalue weighted by Gasteiger charge is 2.29. The Morgan fingerprint density at radius 2 is 1.93 bits per heavy atom. The molecule has 2 saturated heterocycles. The van der Waals surface area contributed by atoms with Crippen LogP contribution in [-0.2, 0) is 16.0 Å². The molecule has 40 heavy (non-hydrogen) atoms. The van der Waals surface area contributed by atoms with Crippen LogP contribution in [0.25, 0.3) is 22.2 Å². The molecule has 0 bridgehead atoms. The largest absolute Gasteiger partial charge is 0.389 e. The molecule has 9 nitrogen and oxygen atoms in total. The van der Waals surface area contributed by atoms with Gasteiger partial charge in [0.1, 0.15) is 5.69 Å². The maximum absolute atomic E-state index is 15.2. The Hall–Kier alpha value is -2.63. The molecule has 11 heteroatoms. The Morgan fingerprint density at radius 3 is 2.60 bits per heavy atom. The van der Waals surface area contributed by atoms with E-state index in [1.165, 1.54) is 0 Å². The summed E-state index contributed by atoms with van der Waals surface area (Å²) in [5.41, 5.74) is 2.54. The number of aromatic nitrogens is 3. The van der Waals surface area contributed by atoms with Crippen molar-refractivity contribution in [2.24, 2.45) is 0 Å². The number of nitrogens with zero attached hydrogens (tertiary/aromatic N) is 4. The smallest absolute Gasteiger partial charge is 0.223 e. The van der Waals surface area contributed by atoms with E-state index < -0.39 is 11.9 Å². The first kappa shape index (κ1) is 28.9. The van der Waals surface area contributed by atoms with Crippen LogP contribution in [0.5, 0.6) is 0 Å². The number of benzene rings is 1. The molecule has 2 aromatic heterocycles. The lowest BCUT2D eigenvalue weighted by atomic mass is 10.0. The van der Waals surface area contributed by atoms with Crippen molar-refractivity contribution in [3.8, 4) is 11.3 Å². The van der Waals surface area contributed by atoms with E-state index in [0.717, 1.165) is 11.9 Å². The van der Waals surface area contributed by atoms with Gasteiger partial charge in [0.2, 0.25) is 5.95 Å². The van der Waals surface area contributed by atoms with Crippen LogP contribution < -0.4 is 10.7 Å². The van der Waals surface area contributed by atoms with Gasteiger partial charge in [-0.05, 0) is 53.2 Å². The summed E-state index contributed by atoms with van der Waals surface area (Å²) in [6.45, 7) is 12.8. The van der Waals surface area contributed by atoms with Crippen LogP contribution in [0.15, 0.2) is 23.1 Å². The Kier molecular flexibility index (Phi) is 8.45. The summed E-state index contributed by atoms with van der Waals surface area (Å²) in [4.78, 5) is 24.5. The Bertz CT molecular complexity index is 1450. The predicted molar refractivity (Wildman–Crippen MR) is 153 cm³/mol. The van der Waals surface area contributed by atoms with Gasteiger partial charge >= 0.3 is 0 Å². The summed E-state index contributed by atoms with van der Waals surface area (Å²) in [6, 6.07) is 3.46. The molecule has 2 fully saturated rings. The monoisotopic (exact) mass is 573 g/mol. The lowest BCUT2D eigenvalue weighted by Crippen LogP contribution is -2.49. The third-order valence-corrected chi connectivity index (χ3v) is 8.31. The number of rotatable bonds is 6. The van der Waals surface area contributed by atoms with Gasteiger partial charge in [-0.3, -0.25) is 9.69 Å². The molecular weight excluding hydrogens is 537 g/mol. The summed E-state index contributed by atoms with van der Waals surface area (Å²) < 4.78 is 28.4. The zero-order valence-electron chi connectivity index (χ0n) is 23.6. The molecule has 0 saturated carbocycles. The molecule has 2 aliphatic rings. The average Bonchev–Trinajstić information content (AvgIpc) is 2.91. The summed E-state index contributed by atoms with van der Waals surface area (Å²) in [5, 5.41) is 14.1. The fourth-order valence-corrected chi connectivity index (χ4v) is 6.02. The first-order chi connectivity index (χ1) is 19.1. The van der Waals surface area contributed by atoms with Crippen LogP contribution in [0, 0.1) is 12.7 Å². The molecule has 4 heterocycles. The second kappa shape index (κ2) is 11.7. The zero-order valence-corrected chi connectivity index (χ0v) is 24.3. The van der Waals surface area contributed by atoms with Crippen LogP contribution >= 0.6 is 11.6 Å². The summed E-state index contributed by atoms with van der Waals surface area (Å²) in [7, 11) is 0. The fraction of sp³-hybridized carbons (Fsp3) is 0.552. The molecular formula is C29H37ClFN5O4. The molecule has 1 aromatic carbocycles. The highest BCUT2D eigenvalue weighted by atomic mass is 35.5. The van der Waals surface area contributed by atoms with Crippen molar-refractivity contribution in [1.29, 1.82) is 0 Å². The van der Waals surface area contributed by atoms with E-state index in [0.29, 0.717) is 54.8 Å². The van der Waals surface area contributed by atoms with Crippen molar-refractivity contribution in [2.75, 3.05) is 31.7 Å². The predicted octanol–water partition coefficient (Wildman–Crippen LogP) is 4.31.